The minimum absolute atomic E-state index is 0.251. The summed E-state index contributed by atoms with van der Waals surface area (Å²) in [6.07, 6.45) is 19.0. The zero-order valence-corrected chi connectivity index (χ0v) is 18.4. The Balaban J connectivity index is 1.29. The fraction of sp³-hybridized carbons (Fsp3) is 0.0968. The van der Waals surface area contributed by atoms with Crippen molar-refractivity contribution in [2.75, 3.05) is 10.2 Å². The second-order valence-electron chi connectivity index (χ2n) is 8.65. The lowest BCUT2D eigenvalue weighted by atomic mass is 9.90. The first-order valence-corrected chi connectivity index (χ1v) is 11.6. The van der Waals surface area contributed by atoms with E-state index in [1.165, 1.54) is 28.1 Å². The molecule has 0 aromatic heterocycles. The number of rotatable bonds is 4. The van der Waals surface area contributed by atoms with Crippen LogP contribution < -0.4 is 10.2 Å². The van der Waals surface area contributed by atoms with Gasteiger partial charge in [0.15, 0.2) is 0 Å². The lowest BCUT2D eigenvalue weighted by molar-refractivity contribution is 0.724. The standard InChI is InChI=1S/C31H26N2/c1-2-7-13-27(12-6-1)33-30-15-9-8-14-28(30)29-21-20-26(22-31(29)33)32-25-18-16-24(17-19-25)23-10-4-3-5-11-23/h1,3-22,29,31-32H,2H2. The molecule has 1 aliphatic heterocycles. The molecule has 3 aromatic rings. The molecule has 0 fully saturated rings. The van der Waals surface area contributed by atoms with Crippen molar-refractivity contribution in [3.05, 3.63) is 144 Å². The quantitative estimate of drug-likeness (QED) is 0.462. The molecule has 1 heterocycles. The number of hydrogen-bond acceptors (Lipinski definition) is 2. The predicted octanol–water partition coefficient (Wildman–Crippen LogP) is 7.59. The van der Waals surface area contributed by atoms with Crippen molar-refractivity contribution in [2.24, 2.45) is 0 Å². The Morgan fingerprint density at radius 2 is 1.55 bits per heavy atom. The average molecular weight is 427 g/mol. The number of hydrogen-bond donors (Lipinski definition) is 1. The molecule has 0 amide bonds. The summed E-state index contributed by atoms with van der Waals surface area (Å²) in [6, 6.07) is 28.2. The molecule has 0 saturated carbocycles. The number of nitrogens with one attached hydrogen (secondary N) is 1. The van der Waals surface area contributed by atoms with E-state index in [2.05, 4.69) is 138 Å². The number of anilines is 2. The van der Waals surface area contributed by atoms with Gasteiger partial charge in [-0.15, -0.1) is 0 Å². The molecule has 2 atom stereocenters. The van der Waals surface area contributed by atoms with Gasteiger partial charge >= 0.3 is 0 Å². The van der Waals surface area contributed by atoms with Crippen LogP contribution in [-0.2, 0) is 0 Å². The van der Waals surface area contributed by atoms with Crippen LogP contribution in [0.4, 0.5) is 11.4 Å². The van der Waals surface area contributed by atoms with Crippen LogP contribution in [0.2, 0.25) is 0 Å². The van der Waals surface area contributed by atoms with Gasteiger partial charge < -0.3 is 10.2 Å². The molecule has 0 bridgehead atoms. The third-order valence-corrected chi connectivity index (χ3v) is 6.58. The van der Waals surface area contributed by atoms with Gasteiger partial charge in [0.1, 0.15) is 0 Å². The fourth-order valence-corrected chi connectivity index (χ4v) is 5.00. The molecule has 1 N–H and O–H groups in total. The Kier molecular flexibility index (Phi) is 5.04. The number of nitrogens with zero attached hydrogens (tertiary/aromatic N) is 1. The first kappa shape index (κ1) is 19.6. The van der Waals surface area contributed by atoms with Crippen LogP contribution in [-0.4, -0.2) is 6.04 Å². The normalized spacial score (nSPS) is 20.5. The van der Waals surface area contributed by atoms with Crippen LogP contribution in [0.5, 0.6) is 0 Å². The fourth-order valence-electron chi connectivity index (χ4n) is 5.00. The highest BCUT2D eigenvalue weighted by atomic mass is 15.2. The van der Waals surface area contributed by atoms with E-state index in [9.17, 15) is 0 Å². The van der Waals surface area contributed by atoms with Crippen molar-refractivity contribution in [3.63, 3.8) is 0 Å². The van der Waals surface area contributed by atoms with E-state index < -0.39 is 0 Å². The molecule has 6 rings (SSSR count). The summed E-state index contributed by atoms with van der Waals surface area (Å²) in [5, 5.41) is 3.63. The van der Waals surface area contributed by atoms with Crippen molar-refractivity contribution < 1.29 is 0 Å². The second-order valence-corrected chi connectivity index (χ2v) is 8.65. The second kappa shape index (κ2) is 8.48. The van der Waals surface area contributed by atoms with Crippen LogP contribution in [0.1, 0.15) is 17.9 Å². The molecule has 3 aliphatic rings. The van der Waals surface area contributed by atoms with E-state index in [0.717, 1.165) is 17.8 Å². The smallest absolute Gasteiger partial charge is 0.0649 e. The van der Waals surface area contributed by atoms with Crippen molar-refractivity contribution in [1.82, 2.24) is 0 Å². The highest BCUT2D eigenvalue weighted by Gasteiger charge is 2.38. The van der Waals surface area contributed by atoms with Gasteiger partial charge in [-0.25, -0.2) is 0 Å². The van der Waals surface area contributed by atoms with E-state index in [1.54, 1.807) is 0 Å². The molecule has 0 spiro atoms. The van der Waals surface area contributed by atoms with Gasteiger partial charge in [-0.05, 0) is 65.6 Å². The van der Waals surface area contributed by atoms with E-state index in [-0.39, 0.29) is 6.04 Å². The summed E-state index contributed by atoms with van der Waals surface area (Å²) in [7, 11) is 0. The molecule has 0 radical (unpaired) electrons. The molecule has 3 aromatic carbocycles. The van der Waals surface area contributed by atoms with Crippen LogP contribution >= 0.6 is 0 Å². The molecule has 160 valence electrons. The van der Waals surface area contributed by atoms with Crippen molar-refractivity contribution >= 4 is 11.4 Å². The Morgan fingerprint density at radius 3 is 2.42 bits per heavy atom. The van der Waals surface area contributed by atoms with Crippen LogP contribution in [0.15, 0.2) is 139 Å². The number of para-hydroxylation sites is 1. The van der Waals surface area contributed by atoms with Gasteiger partial charge in [0.25, 0.3) is 0 Å². The van der Waals surface area contributed by atoms with Gasteiger partial charge in [0, 0.05) is 28.7 Å². The monoisotopic (exact) mass is 426 g/mol. The summed E-state index contributed by atoms with van der Waals surface area (Å²) in [6.45, 7) is 0. The summed E-state index contributed by atoms with van der Waals surface area (Å²) in [5.41, 5.74) is 8.63. The molecule has 0 saturated heterocycles. The highest BCUT2D eigenvalue weighted by Crippen LogP contribution is 2.46. The minimum atomic E-state index is 0.251. The molecule has 2 unspecified atom stereocenters. The largest absolute Gasteiger partial charge is 0.356 e. The summed E-state index contributed by atoms with van der Waals surface area (Å²) >= 11 is 0. The minimum Gasteiger partial charge on any atom is -0.356 e. The number of allylic oxidation sites excluding steroid dienone is 6. The maximum atomic E-state index is 3.63. The van der Waals surface area contributed by atoms with Gasteiger partial charge in [0.05, 0.1) is 6.04 Å². The molecule has 2 nitrogen and oxygen atoms in total. The Hall–Kier alpha value is -4.04. The maximum absolute atomic E-state index is 3.63. The Bertz CT molecular complexity index is 1310. The molecular weight excluding hydrogens is 400 g/mol. The number of fused-ring (bicyclic) bond motifs is 3. The lowest BCUT2D eigenvalue weighted by Crippen LogP contribution is -2.32. The summed E-state index contributed by atoms with van der Waals surface area (Å²) in [5.74, 6) is 0.355. The van der Waals surface area contributed by atoms with Gasteiger partial charge in [0.2, 0.25) is 0 Å². The topological polar surface area (TPSA) is 15.3 Å². The summed E-state index contributed by atoms with van der Waals surface area (Å²) in [4.78, 5) is 2.48. The third kappa shape index (κ3) is 3.74. The molecular formula is C31H26N2. The zero-order chi connectivity index (χ0) is 22.0. The molecule has 2 heteroatoms. The first-order valence-electron chi connectivity index (χ1n) is 11.6. The predicted molar refractivity (Wildman–Crippen MR) is 139 cm³/mol. The number of benzene rings is 3. The molecule has 33 heavy (non-hydrogen) atoms. The maximum Gasteiger partial charge on any atom is 0.0649 e. The van der Waals surface area contributed by atoms with E-state index >= 15 is 0 Å². The zero-order valence-electron chi connectivity index (χ0n) is 18.4. The van der Waals surface area contributed by atoms with Crippen LogP contribution in [0.3, 0.4) is 0 Å². The van der Waals surface area contributed by atoms with E-state index in [0.29, 0.717) is 5.92 Å². The first-order chi connectivity index (χ1) is 16.4. The van der Waals surface area contributed by atoms with Gasteiger partial charge in [-0.1, -0.05) is 85.0 Å². The summed E-state index contributed by atoms with van der Waals surface area (Å²) < 4.78 is 0. The third-order valence-electron chi connectivity index (χ3n) is 6.58. The lowest BCUT2D eigenvalue weighted by Gasteiger charge is -2.30. The molecule has 2 aliphatic carbocycles. The van der Waals surface area contributed by atoms with Crippen molar-refractivity contribution in [2.45, 2.75) is 18.4 Å². The SMILES string of the molecule is C1=CCC=CC(N2c3ccccc3C3C=CC(Nc4ccc(-c5ccccc5)cc4)=CC32)=C1. The van der Waals surface area contributed by atoms with E-state index in [4.69, 9.17) is 0 Å². The van der Waals surface area contributed by atoms with Gasteiger partial charge in [-0.2, -0.15) is 0 Å². The van der Waals surface area contributed by atoms with E-state index in [1.807, 2.05) is 0 Å². The highest BCUT2D eigenvalue weighted by molar-refractivity contribution is 5.72. The Labute approximate surface area is 195 Å². The van der Waals surface area contributed by atoms with Crippen molar-refractivity contribution in [3.8, 4) is 11.1 Å². The van der Waals surface area contributed by atoms with Crippen molar-refractivity contribution in [1.29, 1.82) is 0 Å². The Morgan fingerprint density at radius 1 is 0.758 bits per heavy atom. The van der Waals surface area contributed by atoms with Crippen LogP contribution in [0.25, 0.3) is 11.1 Å². The average Bonchev–Trinajstić information content (AvgIpc) is 2.99. The van der Waals surface area contributed by atoms with Crippen LogP contribution in [0, 0.1) is 0 Å². The van der Waals surface area contributed by atoms with Gasteiger partial charge in [-0.3, -0.25) is 0 Å².